The maximum atomic E-state index is 13.9. The van der Waals surface area contributed by atoms with Crippen molar-refractivity contribution in [3.8, 4) is 5.75 Å². The Bertz CT molecular complexity index is 1280. The number of allylic oxidation sites excluding steroid dienone is 4. The first-order valence-corrected chi connectivity index (χ1v) is 10.3. The summed E-state index contributed by atoms with van der Waals surface area (Å²) in [6.07, 6.45) is 11.3. The molecule has 1 saturated heterocycles. The van der Waals surface area contributed by atoms with E-state index in [0.717, 1.165) is 29.0 Å². The van der Waals surface area contributed by atoms with Gasteiger partial charge in [-0.1, -0.05) is 60.7 Å². The first kappa shape index (κ1) is 17.3. The Morgan fingerprint density at radius 1 is 0.967 bits per heavy atom. The summed E-state index contributed by atoms with van der Waals surface area (Å²) in [5.74, 6) is 0.669. The molecule has 0 radical (unpaired) electrons. The summed E-state index contributed by atoms with van der Waals surface area (Å²) in [7, 11) is 1.66. The highest BCUT2D eigenvalue weighted by molar-refractivity contribution is 6.09. The van der Waals surface area contributed by atoms with Gasteiger partial charge in [0, 0.05) is 12.1 Å². The summed E-state index contributed by atoms with van der Waals surface area (Å²) >= 11 is 0. The zero-order chi connectivity index (χ0) is 20.3. The number of benzene rings is 3. The molecule has 0 N–H and O–H groups in total. The quantitative estimate of drug-likeness (QED) is 0.591. The summed E-state index contributed by atoms with van der Waals surface area (Å²) in [4.78, 5) is 15.9. The highest BCUT2D eigenvalue weighted by atomic mass is 16.5. The molecule has 0 spiro atoms. The van der Waals surface area contributed by atoms with E-state index in [9.17, 15) is 4.79 Å². The molecule has 0 aromatic heterocycles. The van der Waals surface area contributed by atoms with Crippen LogP contribution in [-0.4, -0.2) is 18.6 Å². The van der Waals surface area contributed by atoms with Crippen LogP contribution < -0.4 is 9.64 Å². The van der Waals surface area contributed by atoms with Gasteiger partial charge in [0.2, 0.25) is 5.91 Å². The maximum Gasteiger partial charge on any atom is 0.239 e. The number of hydrogen-bond donors (Lipinski definition) is 0. The monoisotopic (exact) mass is 391 g/mol. The SMILES string of the molecule is COc1ccc(N2C(=O)C3C4=CC=CC=CC42Cc2cc4ccccc4cc23)cc1. The molecule has 1 heterocycles. The fourth-order valence-electron chi connectivity index (χ4n) is 5.33. The number of methoxy groups -OCH3 is 1. The van der Waals surface area contributed by atoms with Gasteiger partial charge in [0.05, 0.1) is 18.6 Å². The van der Waals surface area contributed by atoms with Gasteiger partial charge in [0.15, 0.2) is 0 Å². The molecule has 1 fully saturated rings. The number of carbonyl (C=O) groups excluding carboxylic acids is 1. The molecule has 3 aromatic rings. The lowest BCUT2D eigenvalue weighted by Crippen LogP contribution is -2.47. The van der Waals surface area contributed by atoms with E-state index in [1.165, 1.54) is 16.3 Å². The molecule has 2 bridgehead atoms. The predicted octanol–water partition coefficient (Wildman–Crippen LogP) is 5.33. The molecule has 0 saturated carbocycles. The fourth-order valence-corrected chi connectivity index (χ4v) is 5.33. The van der Waals surface area contributed by atoms with Crippen LogP contribution in [0.3, 0.4) is 0 Å². The molecule has 2 aliphatic carbocycles. The lowest BCUT2D eigenvalue weighted by atomic mass is 9.71. The van der Waals surface area contributed by atoms with Crippen molar-refractivity contribution in [2.45, 2.75) is 17.9 Å². The van der Waals surface area contributed by atoms with E-state index in [0.29, 0.717) is 0 Å². The Morgan fingerprint density at radius 2 is 1.73 bits per heavy atom. The highest BCUT2D eigenvalue weighted by Crippen LogP contribution is 2.55. The summed E-state index contributed by atoms with van der Waals surface area (Å²) < 4.78 is 5.33. The zero-order valence-electron chi connectivity index (χ0n) is 16.7. The van der Waals surface area contributed by atoms with E-state index in [1.807, 2.05) is 35.2 Å². The topological polar surface area (TPSA) is 29.5 Å². The molecule has 3 aromatic carbocycles. The fraction of sp³-hybridized carbons (Fsp3) is 0.148. The summed E-state index contributed by atoms with van der Waals surface area (Å²) in [5.41, 5.74) is 3.98. The van der Waals surface area contributed by atoms with Crippen LogP contribution in [0.2, 0.25) is 0 Å². The first-order valence-electron chi connectivity index (χ1n) is 10.3. The number of anilines is 1. The summed E-state index contributed by atoms with van der Waals surface area (Å²) in [5, 5.41) is 2.40. The molecule has 2 atom stereocenters. The van der Waals surface area contributed by atoms with E-state index in [2.05, 4.69) is 60.7 Å². The third-order valence-electron chi connectivity index (χ3n) is 6.66. The molecule has 6 rings (SSSR count). The number of amides is 1. The second kappa shape index (κ2) is 6.20. The van der Waals surface area contributed by atoms with E-state index < -0.39 is 5.54 Å². The minimum Gasteiger partial charge on any atom is -0.497 e. The largest absolute Gasteiger partial charge is 0.497 e. The Labute approximate surface area is 175 Å². The van der Waals surface area contributed by atoms with Gasteiger partial charge in [-0.25, -0.2) is 0 Å². The van der Waals surface area contributed by atoms with Crippen molar-refractivity contribution in [1.29, 1.82) is 0 Å². The van der Waals surface area contributed by atoms with Crippen LogP contribution in [0.1, 0.15) is 17.0 Å². The predicted molar refractivity (Wildman–Crippen MR) is 120 cm³/mol. The standard InChI is InChI=1S/C27H21NO2/c1-30-22-12-10-21(11-13-22)28-26(29)25-23-16-19-8-5-4-7-18(19)15-20(23)17-27(28)14-6-2-3-9-24(25)27/h2-16,25H,17H2,1H3. The molecule has 3 heteroatoms. The van der Waals surface area contributed by atoms with Crippen molar-refractivity contribution >= 4 is 22.4 Å². The Morgan fingerprint density at radius 3 is 2.50 bits per heavy atom. The number of carbonyl (C=O) groups is 1. The van der Waals surface area contributed by atoms with Crippen LogP contribution >= 0.6 is 0 Å². The number of ether oxygens (including phenoxy) is 1. The van der Waals surface area contributed by atoms with Crippen LogP contribution in [0.25, 0.3) is 10.8 Å². The average molecular weight is 391 g/mol. The van der Waals surface area contributed by atoms with Crippen LogP contribution in [-0.2, 0) is 11.2 Å². The van der Waals surface area contributed by atoms with Crippen molar-refractivity contribution in [3.05, 3.63) is 108 Å². The molecule has 3 nitrogen and oxygen atoms in total. The molecular weight excluding hydrogens is 370 g/mol. The first-order chi connectivity index (χ1) is 14.7. The van der Waals surface area contributed by atoms with Gasteiger partial charge in [-0.05, 0) is 57.8 Å². The third-order valence-corrected chi connectivity index (χ3v) is 6.66. The molecule has 30 heavy (non-hydrogen) atoms. The van der Waals surface area contributed by atoms with Crippen molar-refractivity contribution in [2.24, 2.45) is 0 Å². The molecule has 1 amide bonds. The van der Waals surface area contributed by atoms with Gasteiger partial charge >= 0.3 is 0 Å². The van der Waals surface area contributed by atoms with Gasteiger partial charge in [-0.15, -0.1) is 0 Å². The molecule has 1 aliphatic heterocycles. The Balaban J connectivity index is 1.60. The molecule has 146 valence electrons. The van der Waals surface area contributed by atoms with Crippen LogP contribution in [0, 0.1) is 0 Å². The van der Waals surface area contributed by atoms with Gasteiger partial charge in [-0.3, -0.25) is 9.69 Å². The van der Waals surface area contributed by atoms with Gasteiger partial charge in [0.25, 0.3) is 0 Å². The smallest absolute Gasteiger partial charge is 0.239 e. The zero-order valence-corrected chi connectivity index (χ0v) is 16.7. The third kappa shape index (κ3) is 2.23. The van der Waals surface area contributed by atoms with Crippen LogP contribution in [0.5, 0.6) is 5.75 Å². The van der Waals surface area contributed by atoms with E-state index in [1.54, 1.807) is 7.11 Å². The number of rotatable bonds is 2. The van der Waals surface area contributed by atoms with E-state index in [4.69, 9.17) is 4.74 Å². The van der Waals surface area contributed by atoms with Gasteiger partial charge in [0.1, 0.15) is 5.75 Å². The molecular formula is C27H21NO2. The normalized spacial score (nSPS) is 23.8. The van der Waals surface area contributed by atoms with Crippen molar-refractivity contribution in [2.75, 3.05) is 12.0 Å². The van der Waals surface area contributed by atoms with Crippen LogP contribution in [0.4, 0.5) is 5.69 Å². The second-order valence-electron chi connectivity index (χ2n) is 8.17. The van der Waals surface area contributed by atoms with Crippen molar-refractivity contribution < 1.29 is 9.53 Å². The van der Waals surface area contributed by atoms with E-state index in [-0.39, 0.29) is 11.8 Å². The second-order valence-corrected chi connectivity index (χ2v) is 8.17. The summed E-state index contributed by atoms with van der Waals surface area (Å²) in [6, 6.07) is 20.7. The number of hydrogen-bond acceptors (Lipinski definition) is 2. The number of fused-ring (bicyclic) bond motifs is 3. The van der Waals surface area contributed by atoms with Gasteiger partial charge in [-0.2, -0.15) is 0 Å². The van der Waals surface area contributed by atoms with Crippen LogP contribution in [0.15, 0.2) is 96.6 Å². The highest BCUT2D eigenvalue weighted by Gasteiger charge is 2.57. The molecule has 2 unspecified atom stereocenters. The van der Waals surface area contributed by atoms with Crippen molar-refractivity contribution in [3.63, 3.8) is 0 Å². The van der Waals surface area contributed by atoms with E-state index >= 15 is 0 Å². The van der Waals surface area contributed by atoms with Gasteiger partial charge < -0.3 is 4.74 Å². The average Bonchev–Trinajstić information content (AvgIpc) is 2.90. The number of nitrogens with zero attached hydrogens (tertiary/aromatic N) is 1. The lowest BCUT2D eigenvalue weighted by molar-refractivity contribution is -0.118. The maximum absolute atomic E-state index is 13.9. The minimum absolute atomic E-state index is 0.139. The Kier molecular flexibility index (Phi) is 3.57. The molecule has 3 aliphatic rings. The van der Waals surface area contributed by atoms with Crippen molar-refractivity contribution in [1.82, 2.24) is 0 Å². The minimum atomic E-state index is -0.477. The lowest BCUT2D eigenvalue weighted by Gasteiger charge is -2.39. The summed E-state index contributed by atoms with van der Waals surface area (Å²) in [6.45, 7) is 0. The Hall–Kier alpha value is -3.59.